The lowest BCUT2D eigenvalue weighted by Gasteiger charge is -2.28. The minimum atomic E-state index is -0.633. The van der Waals surface area contributed by atoms with E-state index in [9.17, 15) is 4.79 Å². The van der Waals surface area contributed by atoms with Crippen LogP contribution in [0.2, 0.25) is 0 Å². The molecule has 0 amide bonds. The van der Waals surface area contributed by atoms with Crippen molar-refractivity contribution in [1.29, 1.82) is 0 Å². The van der Waals surface area contributed by atoms with E-state index >= 15 is 0 Å². The molecule has 0 N–H and O–H groups in total. The second-order valence-electron chi connectivity index (χ2n) is 7.62. The van der Waals surface area contributed by atoms with Gasteiger partial charge in [-0.15, -0.1) is 0 Å². The van der Waals surface area contributed by atoms with Crippen molar-refractivity contribution in [3.05, 3.63) is 91.0 Å². The van der Waals surface area contributed by atoms with Gasteiger partial charge in [0.15, 0.2) is 13.6 Å². The maximum Gasteiger partial charge on any atom is 0.311 e. The smallest absolute Gasteiger partial charge is 0.311 e. The number of esters is 1. The molecular weight excluding hydrogens is 408 g/mol. The Balaban J connectivity index is 1.51. The number of ether oxygens (including phenoxy) is 5. The Morgan fingerprint density at radius 1 is 0.656 bits per heavy atom. The molecular formula is C26H28O6. The van der Waals surface area contributed by atoms with Crippen molar-refractivity contribution in [2.75, 3.05) is 26.8 Å². The number of benzene rings is 3. The average Bonchev–Trinajstić information content (AvgIpc) is 2.82. The van der Waals surface area contributed by atoms with Gasteiger partial charge in [-0.05, 0) is 36.4 Å². The third-order valence-electron chi connectivity index (χ3n) is 4.55. The highest BCUT2D eigenvalue weighted by Crippen LogP contribution is 2.25. The highest BCUT2D eigenvalue weighted by molar-refractivity contribution is 5.73. The van der Waals surface area contributed by atoms with Crippen LogP contribution in [0.3, 0.4) is 0 Å². The second kappa shape index (κ2) is 12.5. The molecule has 0 heterocycles. The van der Waals surface area contributed by atoms with Gasteiger partial charge < -0.3 is 23.7 Å². The fourth-order valence-corrected chi connectivity index (χ4v) is 2.98. The van der Waals surface area contributed by atoms with Gasteiger partial charge in [0.2, 0.25) is 0 Å². The maximum absolute atomic E-state index is 12.5. The summed E-state index contributed by atoms with van der Waals surface area (Å²) in [7, 11) is 0. The largest absolute Gasteiger partial charge is 0.468 e. The summed E-state index contributed by atoms with van der Waals surface area (Å²) >= 11 is 0. The zero-order valence-electron chi connectivity index (χ0n) is 18.1. The van der Waals surface area contributed by atoms with Gasteiger partial charge in [-0.1, -0.05) is 61.5 Å². The van der Waals surface area contributed by atoms with Gasteiger partial charge in [-0.3, -0.25) is 4.79 Å². The van der Waals surface area contributed by atoms with E-state index in [2.05, 4.69) is 0 Å². The molecule has 3 aromatic carbocycles. The number of rotatable bonds is 13. The number of carbonyl (C=O) groups excluding carboxylic acids is 1. The highest BCUT2D eigenvalue weighted by Gasteiger charge is 2.30. The highest BCUT2D eigenvalue weighted by atomic mass is 16.7. The maximum atomic E-state index is 12.5. The van der Waals surface area contributed by atoms with Crippen LogP contribution in [0.5, 0.6) is 17.2 Å². The molecule has 0 aliphatic heterocycles. The van der Waals surface area contributed by atoms with E-state index in [4.69, 9.17) is 23.7 Å². The van der Waals surface area contributed by atoms with Crippen molar-refractivity contribution < 1.29 is 28.5 Å². The molecule has 0 aliphatic carbocycles. The van der Waals surface area contributed by atoms with Gasteiger partial charge >= 0.3 is 5.97 Å². The Morgan fingerprint density at radius 3 is 1.50 bits per heavy atom. The summed E-state index contributed by atoms with van der Waals surface area (Å²) in [5.74, 6) is 1.57. The van der Waals surface area contributed by atoms with Crippen molar-refractivity contribution in [1.82, 2.24) is 0 Å². The van der Waals surface area contributed by atoms with Gasteiger partial charge in [-0.2, -0.15) is 0 Å². The van der Waals surface area contributed by atoms with Crippen LogP contribution in [0, 0.1) is 5.41 Å². The first-order chi connectivity index (χ1) is 15.6. The van der Waals surface area contributed by atoms with Crippen molar-refractivity contribution in [3.8, 4) is 17.2 Å². The second-order valence-corrected chi connectivity index (χ2v) is 7.62. The van der Waals surface area contributed by atoms with E-state index in [1.165, 1.54) is 0 Å². The summed E-state index contributed by atoms with van der Waals surface area (Å²) < 4.78 is 28.0. The van der Waals surface area contributed by atoms with E-state index in [0.29, 0.717) is 17.2 Å². The zero-order valence-corrected chi connectivity index (χ0v) is 18.1. The molecule has 6 nitrogen and oxygen atoms in total. The number of para-hydroxylation sites is 3. The molecule has 0 spiro atoms. The summed E-state index contributed by atoms with van der Waals surface area (Å²) in [6.45, 7) is 2.52. The minimum Gasteiger partial charge on any atom is -0.468 e. The molecule has 0 atom stereocenters. The van der Waals surface area contributed by atoms with E-state index in [-0.39, 0.29) is 39.2 Å². The fourth-order valence-electron chi connectivity index (χ4n) is 2.98. The minimum absolute atomic E-state index is 0.0633. The van der Waals surface area contributed by atoms with Gasteiger partial charge in [0.25, 0.3) is 0 Å². The first kappa shape index (κ1) is 23.3. The summed E-state index contributed by atoms with van der Waals surface area (Å²) in [6, 6.07) is 27.8. The lowest BCUT2D eigenvalue weighted by Crippen LogP contribution is -2.34. The van der Waals surface area contributed by atoms with Crippen LogP contribution in [0.1, 0.15) is 13.3 Å². The predicted molar refractivity (Wildman–Crippen MR) is 121 cm³/mol. The zero-order chi connectivity index (χ0) is 22.5. The Labute approximate surface area is 188 Å². The number of hydrogen-bond acceptors (Lipinski definition) is 6. The van der Waals surface area contributed by atoms with Crippen molar-refractivity contribution in [2.45, 2.75) is 13.3 Å². The monoisotopic (exact) mass is 436 g/mol. The summed E-state index contributed by atoms with van der Waals surface area (Å²) in [6.07, 6.45) is 0.110. The quantitative estimate of drug-likeness (QED) is 0.161. The summed E-state index contributed by atoms with van der Waals surface area (Å²) in [5, 5.41) is 0. The van der Waals surface area contributed by atoms with Crippen LogP contribution in [0.4, 0.5) is 0 Å². The van der Waals surface area contributed by atoms with Crippen LogP contribution in [-0.2, 0) is 14.3 Å². The van der Waals surface area contributed by atoms with Crippen LogP contribution in [0.25, 0.3) is 0 Å². The van der Waals surface area contributed by atoms with Crippen LogP contribution >= 0.6 is 0 Å². The summed E-state index contributed by atoms with van der Waals surface area (Å²) in [4.78, 5) is 12.5. The van der Waals surface area contributed by atoms with Crippen molar-refractivity contribution in [2.24, 2.45) is 5.41 Å². The lowest BCUT2D eigenvalue weighted by molar-refractivity contribution is -0.142. The molecule has 0 saturated carbocycles. The Morgan fingerprint density at radius 2 is 1.06 bits per heavy atom. The fraction of sp³-hybridized carbons (Fsp3) is 0.269. The average molecular weight is 437 g/mol. The Kier molecular flexibility index (Phi) is 9.10. The number of hydrogen-bond donors (Lipinski definition) is 0. The molecule has 3 aromatic rings. The SMILES string of the molecule is CC(COCOc1ccccc1)(COCOc1ccccc1)CC(=O)Oc1ccccc1. The molecule has 0 aliphatic rings. The molecule has 0 fully saturated rings. The van der Waals surface area contributed by atoms with Crippen molar-refractivity contribution >= 4 is 5.97 Å². The molecule has 168 valence electrons. The van der Waals surface area contributed by atoms with E-state index in [1.807, 2.05) is 85.8 Å². The van der Waals surface area contributed by atoms with Gasteiger partial charge in [0, 0.05) is 5.41 Å². The number of carbonyl (C=O) groups is 1. The Hall–Kier alpha value is -3.35. The predicted octanol–water partition coefficient (Wildman–Crippen LogP) is 5.09. The molecule has 0 bridgehead atoms. The normalized spacial score (nSPS) is 11.0. The Bertz CT molecular complexity index is 867. The van der Waals surface area contributed by atoms with Gasteiger partial charge in [0.1, 0.15) is 17.2 Å². The van der Waals surface area contributed by atoms with Gasteiger partial charge in [0.05, 0.1) is 19.6 Å². The van der Waals surface area contributed by atoms with Crippen molar-refractivity contribution in [3.63, 3.8) is 0 Å². The van der Waals surface area contributed by atoms with Crippen LogP contribution < -0.4 is 14.2 Å². The summed E-state index contributed by atoms with van der Waals surface area (Å²) in [5.41, 5.74) is -0.633. The topological polar surface area (TPSA) is 63.2 Å². The van der Waals surface area contributed by atoms with E-state index in [1.54, 1.807) is 12.1 Å². The standard InChI is InChI=1S/C26H28O6/c1-26(17-25(27)32-24-15-9-4-10-16-24,18-28-20-30-22-11-5-2-6-12-22)19-29-21-31-23-13-7-3-8-14-23/h2-16H,17-21H2,1H3. The molecule has 0 radical (unpaired) electrons. The molecule has 3 rings (SSSR count). The first-order valence-corrected chi connectivity index (χ1v) is 10.4. The molecule has 0 saturated heterocycles. The van der Waals surface area contributed by atoms with E-state index < -0.39 is 5.41 Å². The molecule has 32 heavy (non-hydrogen) atoms. The lowest BCUT2D eigenvalue weighted by atomic mass is 9.89. The van der Waals surface area contributed by atoms with Gasteiger partial charge in [-0.25, -0.2) is 0 Å². The third kappa shape index (κ3) is 8.41. The molecule has 0 aromatic heterocycles. The first-order valence-electron chi connectivity index (χ1n) is 10.4. The van der Waals surface area contributed by atoms with Crippen LogP contribution in [-0.4, -0.2) is 32.8 Å². The van der Waals surface area contributed by atoms with E-state index in [0.717, 1.165) is 0 Å². The molecule has 0 unspecified atom stereocenters. The van der Waals surface area contributed by atoms with Crippen LogP contribution in [0.15, 0.2) is 91.0 Å². The molecule has 6 heteroatoms. The third-order valence-corrected chi connectivity index (χ3v) is 4.55.